The van der Waals surface area contributed by atoms with Crippen molar-refractivity contribution in [2.75, 3.05) is 0 Å². The quantitative estimate of drug-likeness (QED) is 0.462. The summed E-state index contributed by atoms with van der Waals surface area (Å²) in [6, 6.07) is 25.4. The molecule has 1 atom stereocenters. The van der Waals surface area contributed by atoms with Gasteiger partial charge in [-0.1, -0.05) is 84.4 Å². The highest BCUT2D eigenvalue weighted by Crippen LogP contribution is 2.29. The molecule has 6 nitrogen and oxygen atoms in total. The van der Waals surface area contributed by atoms with E-state index in [1.807, 2.05) is 72.8 Å². The smallest absolute Gasteiger partial charge is 0.315 e. The molecule has 1 aromatic heterocycles. The molecule has 0 aliphatic heterocycles. The van der Waals surface area contributed by atoms with Crippen LogP contribution >= 0.6 is 11.6 Å². The summed E-state index contributed by atoms with van der Waals surface area (Å²) >= 11 is 6.24. The van der Waals surface area contributed by atoms with Gasteiger partial charge in [0.15, 0.2) is 0 Å². The lowest BCUT2D eigenvalue weighted by Crippen LogP contribution is -2.38. The van der Waals surface area contributed by atoms with E-state index in [0.29, 0.717) is 23.0 Å². The number of hydrogen-bond donors (Lipinski definition) is 2. The molecule has 4 aromatic rings. The van der Waals surface area contributed by atoms with Gasteiger partial charge in [-0.3, -0.25) is 0 Å². The van der Waals surface area contributed by atoms with Crippen LogP contribution in [0, 0.1) is 0 Å². The van der Waals surface area contributed by atoms with E-state index in [-0.39, 0.29) is 11.9 Å². The maximum atomic E-state index is 12.6. The van der Waals surface area contributed by atoms with E-state index in [4.69, 9.17) is 16.0 Å². The second-order valence-electron chi connectivity index (χ2n) is 6.58. The Bertz CT molecular complexity index is 1120. The minimum atomic E-state index is -0.606. The number of rotatable bonds is 6. The highest BCUT2D eigenvalue weighted by atomic mass is 35.5. The third-order valence-electron chi connectivity index (χ3n) is 4.50. The van der Waals surface area contributed by atoms with Gasteiger partial charge in [0, 0.05) is 6.54 Å². The Balaban J connectivity index is 1.55. The summed E-state index contributed by atoms with van der Waals surface area (Å²) < 4.78 is 5.88. The fourth-order valence-corrected chi connectivity index (χ4v) is 3.20. The van der Waals surface area contributed by atoms with Gasteiger partial charge in [-0.25, -0.2) is 4.79 Å². The largest absolute Gasteiger partial charge is 0.418 e. The van der Waals surface area contributed by atoms with Crippen LogP contribution in [-0.4, -0.2) is 16.2 Å². The molecule has 2 amide bonds. The summed E-state index contributed by atoms with van der Waals surface area (Å²) in [5.74, 6) is 0.564. The molecule has 0 aliphatic carbocycles. The van der Waals surface area contributed by atoms with Gasteiger partial charge in [0.2, 0.25) is 11.8 Å². The van der Waals surface area contributed by atoms with E-state index in [1.54, 1.807) is 12.1 Å². The zero-order valence-corrected chi connectivity index (χ0v) is 16.7. The van der Waals surface area contributed by atoms with Gasteiger partial charge in [-0.05, 0) is 23.3 Å². The van der Waals surface area contributed by atoms with Gasteiger partial charge in [0.1, 0.15) is 6.04 Å². The maximum absolute atomic E-state index is 12.6. The van der Waals surface area contributed by atoms with Crippen molar-refractivity contribution in [1.82, 2.24) is 20.8 Å². The Morgan fingerprint density at radius 2 is 1.57 bits per heavy atom. The molecule has 1 heterocycles. The number of carbonyl (C=O) groups excluding carboxylic acids is 1. The molecule has 4 rings (SSSR count). The fraction of sp³-hybridized carbons (Fsp3) is 0.0870. The number of nitrogens with zero attached hydrogens (tertiary/aromatic N) is 2. The van der Waals surface area contributed by atoms with Crippen molar-refractivity contribution in [2.24, 2.45) is 0 Å². The Morgan fingerprint density at radius 3 is 2.30 bits per heavy atom. The van der Waals surface area contributed by atoms with Crippen LogP contribution in [0.3, 0.4) is 0 Å². The topological polar surface area (TPSA) is 80.0 Å². The van der Waals surface area contributed by atoms with Gasteiger partial charge in [-0.2, -0.15) is 0 Å². The van der Waals surface area contributed by atoms with Gasteiger partial charge < -0.3 is 15.1 Å². The van der Waals surface area contributed by atoms with E-state index in [1.165, 1.54) is 0 Å². The molecule has 0 aliphatic rings. The van der Waals surface area contributed by atoms with Gasteiger partial charge in [0.25, 0.3) is 0 Å². The maximum Gasteiger partial charge on any atom is 0.315 e. The van der Waals surface area contributed by atoms with Crippen LogP contribution in [-0.2, 0) is 6.54 Å². The number of benzene rings is 3. The first-order valence-corrected chi connectivity index (χ1v) is 9.80. The van der Waals surface area contributed by atoms with E-state index in [0.717, 1.165) is 11.1 Å². The average molecular weight is 419 g/mol. The van der Waals surface area contributed by atoms with Crippen molar-refractivity contribution in [3.63, 3.8) is 0 Å². The molecule has 0 saturated carbocycles. The standard InChI is InChI=1S/C23H19ClN4O2/c24-19-14-8-7-13-18(19)21-27-28-22(30-21)20(17-11-5-2-6-12-17)26-23(29)25-15-16-9-3-1-4-10-16/h1-14,20H,15H2,(H2,25,26,29). The lowest BCUT2D eigenvalue weighted by molar-refractivity contribution is 0.236. The van der Waals surface area contributed by atoms with Crippen LogP contribution in [0.2, 0.25) is 5.02 Å². The number of halogens is 1. The molecule has 150 valence electrons. The normalized spacial score (nSPS) is 11.6. The minimum Gasteiger partial charge on any atom is -0.418 e. The molecular formula is C23H19ClN4O2. The molecule has 3 aromatic carbocycles. The van der Waals surface area contributed by atoms with E-state index in [9.17, 15) is 4.79 Å². The van der Waals surface area contributed by atoms with Crippen molar-refractivity contribution in [2.45, 2.75) is 12.6 Å². The highest BCUT2D eigenvalue weighted by Gasteiger charge is 2.23. The Hall–Kier alpha value is -3.64. The first kappa shape index (κ1) is 19.7. The third kappa shape index (κ3) is 4.67. The van der Waals surface area contributed by atoms with Crippen molar-refractivity contribution in [3.05, 3.63) is 107 Å². The average Bonchev–Trinajstić information content (AvgIpc) is 3.27. The molecule has 0 radical (unpaired) electrons. The van der Waals surface area contributed by atoms with Gasteiger partial charge in [-0.15, -0.1) is 10.2 Å². The Morgan fingerprint density at radius 1 is 0.900 bits per heavy atom. The highest BCUT2D eigenvalue weighted by molar-refractivity contribution is 6.33. The minimum absolute atomic E-state index is 0.269. The molecule has 0 bridgehead atoms. The van der Waals surface area contributed by atoms with Crippen LogP contribution in [0.15, 0.2) is 89.3 Å². The zero-order valence-electron chi connectivity index (χ0n) is 16.0. The summed E-state index contributed by atoms with van der Waals surface area (Å²) in [6.07, 6.45) is 0. The number of nitrogens with one attached hydrogen (secondary N) is 2. The van der Waals surface area contributed by atoms with Crippen LogP contribution in [0.1, 0.15) is 23.1 Å². The molecule has 30 heavy (non-hydrogen) atoms. The second kappa shape index (κ2) is 9.24. The van der Waals surface area contributed by atoms with E-state index < -0.39 is 6.04 Å². The number of aromatic nitrogens is 2. The lowest BCUT2D eigenvalue weighted by Gasteiger charge is -2.16. The summed E-state index contributed by atoms with van der Waals surface area (Å²) in [7, 11) is 0. The molecule has 1 unspecified atom stereocenters. The molecule has 0 spiro atoms. The molecule has 7 heteroatoms. The van der Waals surface area contributed by atoms with Crippen LogP contribution in [0.25, 0.3) is 11.5 Å². The zero-order chi connectivity index (χ0) is 20.8. The lowest BCUT2D eigenvalue weighted by atomic mass is 10.1. The van der Waals surface area contributed by atoms with Crippen molar-refractivity contribution in [1.29, 1.82) is 0 Å². The van der Waals surface area contributed by atoms with Gasteiger partial charge in [0.05, 0.1) is 10.6 Å². The first-order valence-electron chi connectivity index (χ1n) is 9.42. The van der Waals surface area contributed by atoms with Crippen molar-refractivity contribution < 1.29 is 9.21 Å². The van der Waals surface area contributed by atoms with Crippen LogP contribution in [0.4, 0.5) is 4.79 Å². The van der Waals surface area contributed by atoms with Crippen LogP contribution in [0.5, 0.6) is 0 Å². The predicted octanol–water partition coefficient (Wildman–Crippen LogP) is 4.98. The Kier molecular flexibility index (Phi) is 6.06. The SMILES string of the molecule is O=C(NCc1ccccc1)NC(c1ccccc1)c1nnc(-c2ccccc2Cl)o1. The van der Waals surface area contributed by atoms with E-state index >= 15 is 0 Å². The monoisotopic (exact) mass is 418 g/mol. The fourth-order valence-electron chi connectivity index (χ4n) is 2.99. The second-order valence-corrected chi connectivity index (χ2v) is 6.99. The number of urea groups is 1. The first-order chi connectivity index (χ1) is 14.7. The van der Waals surface area contributed by atoms with Gasteiger partial charge >= 0.3 is 6.03 Å². The summed E-state index contributed by atoms with van der Waals surface area (Å²) in [5.41, 5.74) is 2.46. The van der Waals surface area contributed by atoms with Crippen molar-refractivity contribution >= 4 is 17.6 Å². The van der Waals surface area contributed by atoms with Crippen LogP contribution < -0.4 is 10.6 Å². The molecule has 2 N–H and O–H groups in total. The number of hydrogen-bond acceptors (Lipinski definition) is 4. The summed E-state index contributed by atoms with van der Waals surface area (Å²) in [6.45, 7) is 0.406. The molecule has 0 fully saturated rings. The van der Waals surface area contributed by atoms with E-state index in [2.05, 4.69) is 20.8 Å². The molecule has 0 saturated heterocycles. The van der Waals surface area contributed by atoms with Crippen molar-refractivity contribution in [3.8, 4) is 11.5 Å². The Labute approximate surface area is 178 Å². The third-order valence-corrected chi connectivity index (χ3v) is 4.83. The summed E-state index contributed by atoms with van der Waals surface area (Å²) in [4.78, 5) is 12.6. The number of amides is 2. The summed E-state index contributed by atoms with van der Waals surface area (Å²) in [5, 5.41) is 14.6. The molecular weight excluding hydrogens is 400 g/mol. The predicted molar refractivity (Wildman–Crippen MR) is 115 cm³/mol. The number of carbonyl (C=O) groups is 1.